The van der Waals surface area contributed by atoms with Crippen LogP contribution in [0, 0.1) is 18.6 Å². The van der Waals surface area contributed by atoms with Gasteiger partial charge in [-0.25, -0.2) is 8.78 Å². The lowest BCUT2D eigenvalue weighted by Gasteiger charge is -2.27. The van der Waals surface area contributed by atoms with E-state index >= 15 is 0 Å². The predicted octanol–water partition coefficient (Wildman–Crippen LogP) is 4.61. The van der Waals surface area contributed by atoms with Crippen molar-refractivity contribution in [3.8, 4) is 0 Å². The molecule has 4 rings (SSSR count). The molecule has 0 bridgehead atoms. The highest BCUT2D eigenvalue weighted by molar-refractivity contribution is 5.90. The molecule has 1 aliphatic rings. The summed E-state index contributed by atoms with van der Waals surface area (Å²) in [5.41, 5.74) is 4.70. The van der Waals surface area contributed by atoms with E-state index in [0.29, 0.717) is 13.1 Å². The number of rotatable bonds is 3. The minimum Gasteiger partial charge on any atom is -0.358 e. The first-order chi connectivity index (χ1) is 13.0. The molecular weight excluding hydrogens is 346 g/mol. The van der Waals surface area contributed by atoms with E-state index in [1.165, 1.54) is 24.3 Å². The Bertz CT molecular complexity index is 1030. The Morgan fingerprint density at radius 3 is 2.56 bits per heavy atom. The Morgan fingerprint density at radius 2 is 1.85 bits per heavy atom. The van der Waals surface area contributed by atoms with E-state index in [1.54, 1.807) is 18.2 Å². The average Bonchev–Trinajstić information content (AvgIpc) is 2.97. The summed E-state index contributed by atoms with van der Waals surface area (Å²) in [6.45, 7) is 3.06. The molecule has 0 unspecified atom stereocenters. The third-order valence-electron chi connectivity index (χ3n) is 5.19. The first kappa shape index (κ1) is 17.5. The van der Waals surface area contributed by atoms with Gasteiger partial charge in [0.1, 0.15) is 11.6 Å². The van der Waals surface area contributed by atoms with Crippen molar-refractivity contribution in [3.63, 3.8) is 0 Å². The summed E-state index contributed by atoms with van der Waals surface area (Å²) in [5.74, 6) is -0.532. The van der Waals surface area contributed by atoms with Gasteiger partial charge in [0.2, 0.25) is 5.91 Å². The van der Waals surface area contributed by atoms with Crippen LogP contribution in [0.5, 0.6) is 0 Å². The van der Waals surface area contributed by atoms with Gasteiger partial charge in [0.15, 0.2) is 0 Å². The molecule has 0 fully saturated rings. The van der Waals surface area contributed by atoms with Crippen LogP contribution < -0.4 is 0 Å². The van der Waals surface area contributed by atoms with Crippen LogP contribution in [0.1, 0.15) is 23.2 Å². The van der Waals surface area contributed by atoms with Crippen LogP contribution >= 0.6 is 0 Å². The van der Waals surface area contributed by atoms with Crippen LogP contribution in [0.25, 0.3) is 16.5 Å². The monoisotopic (exact) mass is 366 g/mol. The molecule has 1 amide bonds. The molecule has 0 saturated heterocycles. The van der Waals surface area contributed by atoms with Crippen LogP contribution in [-0.4, -0.2) is 28.9 Å². The topological polar surface area (TPSA) is 36.1 Å². The first-order valence-corrected chi connectivity index (χ1v) is 9.01. The zero-order valence-electron chi connectivity index (χ0n) is 15.1. The zero-order valence-corrected chi connectivity index (χ0v) is 15.1. The van der Waals surface area contributed by atoms with Crippen molar-refractivity contribution in [3.05, 3.63) is 77.0 Å². The summed E-state index contributed by atoms with van der Waals surface area (Å²) in [4.78, 5) is 17.8. The van der Waals surface area contributed by atoms with Gasteiger partial charge in [-0.1, -0.05) is 18.2 Å². The fourth-order valence-electron chi connectivity index (χ4n) is 3.67. The van der Waals surface area contributed by atoms with E-state index in [2.05, 4.69) is 4.98 Å². The number of hydrogen-bond donors (Lipinski definition) is 1. The van der Waals surface area contributed by atoms with Gasteiger partial charge in [-0.3, -0.25) is 4.79 Å². The van der Waals surface area contributed by atoms with Crippen molar-refractivity contribution in [2.45, 2.75) is 19.8 Å². The van der Waals surface area contributed by atoms with E-state index in [4.69, 9.17) is 0 Å². The molecule has 3 aromatic rings. The minimum absolute atomic E-state index is 0.0256. The van der Waals surface area contributed by atoms with E-state index < -0.39 is 0 Å². The zero-order chi connectivity index (χ0) is 19.0. The summed E-state index contributed by atoms with van der Waals surface area (Å²) >= 11 is 0. The van der Waals surface area contributed by atoms with Crippen molar-refractivity contribution in [2.75, 3.05) is 13.1 Å². The van der Waals surface area contributed by atoms with Crippen LogP contribution in [0.4, 0.5) is 8.78 Å². The second-order valence-corrected chi connectivity index (χ2v) is 6.92. The summed E-state index contributed by atoms with van der Waals surface area (Å²) in [6, 6.07) is 11.0. The second kappa shape index (κ2) is 6.99. The Hall–Kier alpha value is -2.95. The van der Waals surface area contributed by atoms with Crippen molar-refractivity contribution < 1.29 is 13.6 Å². The molecule has 1 aromatic heterocycles. The van der Waals surface area contributed by atoms with Crippen molar-refractivity contribution in [1.82, 2.24) is 9.88 Å². The fraction of sp³-hybridized carbons (Fsp3) is 0.227. The van der Waals surface area contributed by atoms with Crippen molar-refractivity contribution >= 4 is 22.4 Å². The molecule has 27 heavy (non-hydrogen) atoms. The molecule has 0 aliphatic carbocycles. The van der Waals surface area contributed by atoms with E-state index in [-0.39, 0.29) is 24.0 Å². The number of aryl methyl sites for hydroxylation is 1. The van der Waals surface area contributed by atoms with Crippen molar-refractivity contribution in [2.24, 2.45) is 0 Å². The second-order valence-electron chi connectivity index (χ2n) is 6.92. The van der Waals surface area contributed by atoms with Gasteiger partial charge in [0.25, 0.3) is 0 Å². The normalized spacial score (nSPS) is 14.5. The molecule has 2 aromatic carbocycles. The molecule has 138 valence electrons. The summed E-state index contributed by atoms with van der Waals surface area (Å²) in [5, 5.41) is 0.764. The third kappa shape index (κ3) is 3.50. The average molecular weight is 366 g/mol. The van der Waals surface area contributed by atoms with Gasteiger partial charge >= 0.3 is 0 Å². The Balaban J connectivity index is 1.49. The van der Waals surface area contributed by atoms with Gasteiger partial charge in [-0.2, -0.15) is 0 Å². The number of hydrogen-bond acceptors (Lipinski definition) is 1. The molecule has 2 heterocycles. The highest BCUT2D eigenvalue weighted by Gasteiger charge is 2.20. The highest BCUT2D eigenvalue weighted by Crippen LogP contribution is 2.26. The number of nitrogens with one attached hydrogen (secondary N) is 1. The van der Waals surface area contributed by atoms with Crippen LogP contribution in [0.15, 0.2) is 48.5 Å². The Morgan fingerprint density at radius 1 is 1.11 bits per heavy atom. The molecule has 0 atom stereocenters. The molecular formula is C22H20F2N2O. The van der Waals surface area contributed by atoms with E-state index in [1.807, 2.05) is 17.9 Å². The lowest BCUT2D eigenvalue weighted by Crippen LogP contribution is -2.35. The third-order valence-corrected chi connectivity index (χ3v) is 5.19. The number of fused-ring (bicyclic) bond motifs is 1. The van der Waals surface area contributed by atoms with Gasteiger partial charge in [0.05, 0.1) is 6.42 Å². The van der Waals surface area contributed by atoms with Gasteiger partial charge in [0, 0.05) is 29.7 Å². The molecule has 3 nitrogen and oxygen atoms in total. The number of amides is 1. The SMILES string of the molecule is Cc1[nH]c2ccc(F)cc2c1CC(=O)N1CC=C(c2ccc(F)cc2)CC1. The predicted molar refractivity (Wildman–Crippen MR) is 102 cm³/mol. The fourth-order valence-corrected chi connectivity index (χ4v) is 3.67. The summed E-state index contributed by atoms with van der Waals surface area (Å²) in [6.07, 6.45) is 3.00. The molecule has 0 radical (unpaired) electrons. The van der Waals surface area contributed by atoms with Gasteiger partial charge < -0.3 is 9.88 Å². The molecule has 1 aliphatic heterocycles. The number of carbonyl (C=O) groups excluding carboxylic acids is 1. The maximum atomic E-state index is 13.6. The van der Waals surface area contributed by atoms with Gasteiger partial charge in [-0.05, 0) is 60.4 Å². The molecule has 0 spiro atoms. The van der Waals surface area contributed by atoms with Crippen LogP contribution in [-0.2, 0) is 11.2 Å². The Kier molecular flexibility index (Phi) is 4.52. The number of halogens is 2. The Labute approximate surface area is 156 Å². The smallest absolute Gasteiger partial charge is 0.227 e. The number of benzene rings is 2. The lowest BCUT2D eigenvalue weighted by atomic mass is 9.99. The molecule has 1 N–H and O–H groups in total. The maximum absolute atomic E-state index is 13.6. The van der Waals surface area contributed by atoms with Crippen LogP contribution in [0.3, 0.4) is 0 Å². The number of H-pyrrole nitrogens is 1. The summed E-state index contributed by atoms with van der Waals surface area (Å²) < 4.78 is 26.7. The largest absolute Gasteiger partial charge is 0.358 e. The number of aromatic amines is 1. The lowest BCUT2D eigenvalue weighted by molar-refractivity contribution is -0.130. The highest BCUT2D eigenvalue weighted by atomic mass is 19.1. The van der Waals surface area contributed by atoms with E-state index in [0.717, 1.165) is 39.7 Å². The number of aromatic nitrogens is 1. The van der Waals surface area contributed by atoms with Crippen molar-refractivity contribution in [1.29, 1.82) is 0 Å². The standard InChI is InChI=1S/C22H20F2N2O/c1-14-19(20-12-18(24)6-7-21(20)25-14)13-22(27)26-10-8-16(9-11-26)15-2-4-17(23)5-3-15/h2-8,12,25H,9-11,13H2,1H3. The first-order valence-electron chi connectivity index (χ1n) is 9.01. The van der Waals surface area contributed by atoms with Gasteiger partial charge in [-0.15, -0.1) is 0 Å². The number of carbonyl (C=O) groups is 1. The minimum atomic E-state index is -0.306. The van der Waals surface area contributed by atoms with Crippen LogP contribution in [0.2, 0.25) is 0 Å². The maximum Gasteiger partial charge on any atom is 0.227 e. The molecule has 0 saturated carbocycles. The molecule has 5 heteroatoms. The quantitative estimate of drug-likeness (QED) is 0.722. The number of nitrogens with zero attached hydrogens (tertiary/aromatic N) is 1. The van der Waals surface area contributed by atoms with E-state index in [9.17, 15) is 13.6 Å². The summed E-state index contributed by atoms with van der Waals surface area (Å²) in [7, 11) is 0.